The van der Waals surface area contributed by atoms with Crippen LogP contribution in [0.3, 0.4) is 0 Å². The molecule has 3 N–H and O–H groups in total. The maximum absolute atomic E-state index is 13.0. The molecule has 1 aromatic heterocycles. The van der Waals surface area contributed by atoms with Crippen molar-refractivity contribution in [2.75, 3.05) is 0 Å². The number of benzene rings is 3. The minimum absolute atomic E-state index is 0.139. The second kappa shape index (κ2) is 7.48. The first kappa shape index (κ1) is 18.1. The van der Waals surface area contributed by atoms with Crippen LogP contribution in [0.25, 0.3) is 11.0 Å². The van der Waals surface area contributed by atoms with E-state index in [1.165, 1.54) is 0 Å². The van der Waals surface area contributed by atoms with Gasteiger partial charge in [-0.15, -0.1) is 0 Å². The fourth-order valence-corrected chi connectivity index (χ4v) is 3.95. The molecule has 4 aromatic rings. The average molecular weight is 396 g/mol. The molecular weight excluding hydrogens is 376 g/mol. The smallest absolute Gasteiger partial charge is 0.252 e. The van der Waals surface area contributed by atoms with Crippen LogP contribution < -0.4 is 10.6 Å². The summed E-state index contributed by atoms with van der Waals surface area (Å²) in [5.41, 5.74) is 4.19. The summed E-state index contributed by atoms with van der Waals surface area (Å²) in [6, 6.07) is 24.1. The molecule has 0 radical (unpaired) electrons. The van der Waals surface area contributed by atoms with Crippen molar-refractivity contribution < 1.29 is 9.59 Å². The molecule has 3 aromatic carbocycles. The molecule has 1 aliphatic heterocycles. The first-order chi connectivity index (χ1) is 14.7. The van der Waals surface area contributed by atoms with Gasteiger partial charge in [0.1, 0.15) is 11.9 Å². The lowest BCUT2D eigenvalue weighted by Gasteiger charge is -2.19. The zero-order valence-corrected chi connectivity index (χ0v) is 16.1. The Hall–Kier alpha value is -3.93. The number of carbonyl (C=O) groups is 2. The molecule has 0 saturated carbocycles. The van der Waals surface area contributed by atoms with Crippen molar-refractivity contribution in [1.82, 2.24) is 20.6 Å². The molecule has 6 nitrogen and oxygen atoms in total. The van der Waals surface area contributed by atoms with Crippen molar-refractivity contribution in [3.05, 3.63) is 101 Å². The van der Waals surface area contributed by atoms with Crippen molar-refractivity contribution in [1.29, 1.82) is 0 Å². The van der Waals surface area contributed by atoms with Crippen LogP contribution in [0.4, 0.5) is 0 Å². The zero-order valence-electron chi connectivity index (χ0n) is 16.1. The molecule has 2 amide bonds. The van der Waals surface area contributed by atoms with Crippen molar-refractivity contribution in [2.24, 2.45) is 0 Å². The highest BCUT2D eigenvalue weighted by Gasteiger charge is 2.30. The minimum atomic E-state index is -0.418. The summed E-state index contributed by atoms with van der Waals surface area (Å²) in [6.07, 6.45) is 0.159. The number of hydrogen-bond acceptors (Lipinski definition) is 3. The first-order valence-corrected chi connectivity index (χ1v) is 9.88. The Labute approximate surface area is 173 Å². The van der Waals surface area contributed by atoms with Crippen LogP contribution in [-0.2, 0) is 4.79 Å². The van der Waals surface area contributed by atoms with Crippen molar-refractivity contribution in [2.45, 2.75) is 18.5 Å². The molecule has 0 aliphatic carbocycles. The van der Waals surface area contributed by atoms with E-state index in [1.54, 1.807) is 6.07 Å². The zero-order chi connectivity index (χ0) is 20.5. The molecule has 2 atom stereocenters. The van der Waals surface area contributed by atoms with Gasteiger partial charge in [0.25, 0.3) is 5.91 Å². The molecule has 0 spiro atoms. The van der Waals surface area contributed by atoms with Crippen molar-refractivity contribution in [3.63, 3.8) is 0 Å². The fraction of sp³-hybridized carbons (Fsp3) is 0.125. The van der Waals surface area contributed by atoms with E-state index < -0.39 is 6.04 Å². The summed E-state index contributed by atoms with van der Waals surface area (Å²) >= 11 is 0. The highest BCUT2D eigenvalue weighted by molar-refractivity contribution is 5.99. The fourth-order valence-electron chi connectivity index (χ4n) is 3.95. The summed E-state index contributed by atoms with van der Waals surface area (Å²) in [5, 5.41) is 6.00. The number of amides is 2. The number of carbonyl (C=O) groups excluding carboxylic acids is 2. The number of aromatic amines is 1. The number of hydrogen-bond donors (Lipinski definition) is 3. The molecule has 5 rings (SSSR count). The molecule has 0 bridgehead atoms. The van der Waals surface area contributed by atoms with E-state index >= 15 is 0 Å². The molecule has 148 valence electrons. The van der Waals surface area contributed by atoms with E-state index in [0.717, 1.165) is 22.2 Å². The highest BCUT2D eigenvalue weighted by atomic mass is 16.2. The number of fused-ring (bicyclic) bond motifs is 2. The van der Waals surface area contributed by atoms with Gasteiger partial charge in [-0.25, -0.2) is 4.98 Å². The lowest BCUT2D eigenvalue weighted by atomic mass is 10.0. The van der Waals surface area contributed by atoms with Gasteiger partial charge in [0.15, 0.2) is 0 Å². The molecule has 30 heavy (non-hydrogen) atoms. The number of nitrogens with zero attached hydrogens (tertiary/aromatic N) is 1. The largest absolute Gasteiger partial charge is 0.345 e. The third-order valence-electron chi connectivity index (χ3n) is 5.40. The van der Waals surface area contributed by atoms with Crippen LogP contribution in [0, 0.1) is 0 Å². The maximum atomic E-state index is 13.0. The Balaban J connectivity index is 1.42. The Morgan fingerprint density at radius 1 is 0.967 bits per heavy atom. The standard InChI is InChI=1S/C24H20N4O2/c29-21(14-20-16-10-4-5-11-17(16)24(30)27-20)28-22(15-8-2-1-3-9-15)23-25-18-12-6-7-13-19(18)26-23/h1-13,20,22H,14H2,(H,25,26)(H,27,30)(H,28,29)/t20-,22-/m1/s1. The van der Waals surface area contributed by atoms with Crippen LogP contribution in [0.2, 0.25) is 0 Å². The quantitative estimate of drug-likeness (QED) is 0.481. The van der Waals surface area contributed by atoms with E-state index in [-0.39, 0.29) is 24.3 Å². The summed E-state index contributed by atoms with van der Waals surface area (Å²) < 4.78 is 0. The van der Waals surface area contributed by atoms with E-state index in [0.29, 0.717) is 11.4 Å². The summed E-state index contributed by atoms with van der Waals surface area (Å²) in [7, 11) is 0. The van der Waals surface area contributed by atoms with Crippen molar-refractivity contribution in [3.8, 4) is 0 Å². The van der Waals surface area contributed by atoms with Crippen LogP contribution in [0.1, 0.15) is 45.8 Å². The van der Waals surface area contributed by atoms with Gasteiger partial charge in [-0.05, 0) is 29.3 Å². The van der Waals surface area contributed by atoms with Crippen LogP contribution in [-0.4, -0.2) is 21.8 Å². The Morgan fingerprint density at radius 2 is 1.70 bits per heavy atom. The monoisotopic (exact) mass is 396 g/mol. The Bertz CT molecular complexity index is 1200. The first-order valence-electron chi connectivity index (χ1n) is 9.88. The van der Waals surface area contributed by atoms with Gasteiger partial charge in [0.2, 0.25) is 5.91 Å². The second-order valence-electron chi connectivity index (χ2n) is 7.37. The number of H-pyrrole nitrogens is 1. The van der Waals surface area contributed by atoms with Gasteiger partial charge < -0.3 is 15.6 Å². The Kier molecular flexibility index (Phi) is 4.52. The highest BCUT2D eigenvalue weighted by Crippen LogP contribution is 2.28. The summed E-state index contributed by atoms with van der Waals surface area (Å²) in [4.78, 5) is 33.2. The van der Waals surface area contributed by atoms with Crippen LogP contribution in [0.15, 0.2) is 78.9 Å². The number of aromatic nitrogens is 2. The predicted octanol–water partition coefficient (Wildman–Crippen LogP) is 3.64. The Morgan fingerprint density at radius 3 is 2.53 bits per heavy atom. The summed E-state index contributed by atoms with van der Waals surface area (Å²) in [6.45, 7) is 0. The van der Waals surface area contributed by atoms with Gasteiger partial charge in [-0.1, -0.05) is 60.7 Å². The van der Waals surface area contributed by atoms with Crippen molar-refractivity contribution >= 4 is 22.8 Å². The van der Waals surface area contributed by atoms with E-state index in [1.807, 2.05) is 72.8 Å². The third kappa shape index (κ3) is 3.33. The minimum Gasteiger partial charge on any atom is -0.345 e. The molecule has 6 heteroatoms. The molecule has 1 aliphatic rings. The molecule has 0 fully saturated rings. The van der Waals surface area contributed by atoms with Gasteiger partial charge in [0.05, 0.1) is 23.5 Å². The van der Waals surface area contributed by atoms with E-state index in [4.69, 9.17) is 0 Å². The molecular formula is C24H20N4O2. The second-order valence-corrected chi connectivity index (χ2v) is 7.37. The molecule has 2 heterocycles. The van der Waals surface area contributed by atoms with Crippen LogP contribution >= 0.6 is 0 Å². The summed E-state index contributed by atoms with van der Waals surface area (Å²) in [5.74, 6) is 0.373. The molecule has 0 unspecified atom stereocenters. The predicted molar refractivity (Wildman–Crippen MR) is 114 cm³/mol. The van der Waals surface area contributed by atoms with Gasteiger partial charge in [-0.3, -0.25) is 9.59 Å². The number of rotatable bonds is 5. The molecule has 0 saturated heterocycles. The van der Waals surface area contributed by atoms with Gasteiger partial charge in [0, 0.05) is 5.56 Å². The number of para-hydroxylation sites is 2. The SMILES string of the molecule is O=C(C[C@H]1NC(=O)c2ccccc21)N[C@H](c1ccccc1)c1nc2ccccc2[nH]1. The maximum Gasteiger partial charge on any atom is 0.252 e. The number of imidazole rings is 1. The van der Waals surface area contributed by atoms with E-state index in [9.17, 15) is 9.59 Å². The topological polar surface area (TPSA) is 86.9 Å². The average Bonchev–Trinajstić information content (AvgIpc) is 3.34. The van der Waals surface area contributed by atoms with Crippen LogP contribution in [0.5, 0.6) is 0 Å². The lowest BCUT2D eigenvalue weighted by Crippen LogP contribution is -2.33. The third-order valence-corrected chi connectivity index (χ3v) is 5.40. The van der Waals surface area contributed by atoms with E-state index in [2.05, 4.69) is 20.6 Å². The van der Waals surface area contributed by atoms with Gasteiger partial charge >= 0.3 is 0 Å². The normalized spacial score (nSPS) is 16.1. The number of nitrogens with one attached hydrogen (secondary N) is 3. The van der Waals surface area contributed by atoms with Gasteiger partial charge in [-0.2, -0.15) is 0 Å². The lowest BCUT2D eigenvalue weighted by molar-refractivity contribution is -0.122.